The Bertz CT molecular complexity index is 3270. The third-order valence-corrected chi connectivity index (χ3v) is 9.41. The van der Waals surface area contributed by atoms with E-state index in [1.54, 1.807) is 0 Å². The highest BCUT2D eigenvalue weighted by Gasteiger charge is 2.21. The lowest BCUT2D eigenvalue weighted by Gasteiger charge is -2.18. The van der Waals surface area contributed by atoms with Gasteiger partial charge in [0.25, 0.3) is 0 Å². The van der Waals surface area contributed by atoms with Gasteiger partial charge in [-0.25, -0.2) is 0 Å². The first-order valence-corrected chi connectivity index (χ1v) is 16.1. The molecule has 228 valence electrons. The molecule has 0 saturated heterocycles. The molecule has 0 saturated carbocycles. The van der Waals surface area contributed by atoms with Crippen molar-refractivity contribution in [3.05, 3.63) is 182 Å². The monoisotopic (exact) mass is 631 g/mol. The molecule has 0 aliphatic heterocycles. The number of hydrogen-bond acceptors (Lipinski definition) is 1. The summed E-state index contributed by atoms with van der Waals surface area (Å²) in [6.45, 7) is 0. The lowest BCUT2D eigenvalue weighted by molar-refractivity contribution is 0.673. The van der Waals surface area contributed by atoms with Crippen LogP contribution < -0.4 is 0 Å². The van der Waals surface area contributed by atoms with Gasteiger partial charge in [-0.3, -0.25) is 0 Å². The van der Waals surface area contributed by atoms with Gasteiger partial charge < -0.3 is 4.42 Å². The first kappa shape index (κ1) is 20.0. The molecule has 0 unspecified atom stereocenters. The van der Waals surface area contributed by atoms with Crippen molar-refractivity contribution in [2.45, 2.75) is 0 Å². The van der Waals surface area contributed by atoms with Gasteiger partial charge in [0.05, 0.1) is 12.3 Å². The molecular weight excluding hydrogens is 593 g/mol. The first-order valence-electron chi connectivity index (χ1n) is 20.6. The van der Waals surface area contributed by atoms with Crippen molar-refractivity contribution < 1.29 is 16.8 Å². The molecular formula is C48H30O. The Morgan fingerprint density at radius 2 is 1.00 bits per heavy atom. The van der Waals surface area contributed by atoms with E-state index in [2.05, 4.69) is 48.5 Å². The van der Waals surface area contributed by atoms with Crippen LogP contribution >= 0.6 is 0 Å². The zero-order chi connectivity index (χ0) is 40.1. The Morgan fingerprint density at radius 3 is 1.71 bits per heavy atom. The molecule has 0 spiro atoms. The zero-order valence-electron chi connectivity index (χ0n) is 35.0. The van der Waals surface area contributed by atoms with Crippen LogP contribution in [0, 0.1) is 0 Å². The maximum Gasteiger partial charge on any atom is 0.143 e. The molecule has 1 aromatic heterocycles. The van der Waals surface area contributed by atoms with Crippen LogP contribution in [0.25, 0.3) is 98.8 Å². The summed E-state index contributed by atoms with van der Waals surface area (Å²) in [5.41, 5.74) is 5.47. The van der Waals surface area contributed by atoms with E-state index in [-0.39, 0.29) is 28.8 Å². The standard InChI is InChI=1S/C48H30O/c1-3-12-31(13-4-1)33-22-24-34(25-23-33)45-38-16-7-9-18-40(38)46(41-19-10-8-17-39(41)45)42-20-11-21-44-47(42)43-29-27-36-30-35(32-14-5-2-6-15-32)26-28-37(36)48(43)49-44/h1-30H/i1D,3D,4D,12D,13D,22D,23D,24D,25D. The van der Waals surface area contributed by atoms with Crippen molar-refractivity contribution in [3.63, 3.8) is 0 Å². The van der Waals surface area contributed by atoms with Crippen LogP contribution in [0.5, 0.6) is 0 Å². The summed E-state index contributed by atoms with van der Waals surface area (Å²) in [6, 6.07) is 37.7. The Labute approximate surface area is 297 Å². The first-order chi connectivity index (χ1) is 28.1. The third-order valence-electron chi connectivity index (χ3n) is 9.41. The van der Waals surface area contributed by atoms with E-state index < -0.39 is 42.3 Å². The highest BCUT2D eigenvalue weighted by atomic mass is 16.3. The van der Waals surface area contributed by atoms with Gasteiger partial charge in [-0.05, 0) is 95.7 Å². The predicted molar refractivity (Wildman–Crippen MR) is 208 cm³/mol. The van der Waals surface area contributed by atoms with E-state index >= 15 is 0 Å². The summed E-state index contributed by atoms with van der Waals surface area (Å²) in [5, 5.41) is 7.04. The molecule has 49 heavy (non-hydrogen) atoms. The van der Waals surface area contributed by atoms with Crippen LogP contribution in [0.4, 0.5) is 0 Å². The summed E-state index contributed by atoms with van der Waals surface area (Å²) < 4.78 is 85.3. The van der Waals surface area contributed by atoms with Crippen molar-refractivity contribution in [2.75, 3.05) is 0 Å². The molecule has 0 radical (unpaired) electrons. The average Bonchev–Trinajstić information content (AvgIpc) is 3.65. The Hall–Kier alpha value is -6.44. The molecule has 0 amide bonds. The molecule has 0 atom stereocenters. The second-order valence-corrected chi connectivity index (χ2v) is 12.1. The van der Waals surface area contributed by atoms with Gasteiger partial charge >= 0.3 is 0 Å². The highest BCUT2D eigenvalue weighted by Crippen LogP contribution is 2.47. The molecule has 10 rings (SSSR count). The molecule has 0 aliphatic carbocycles. The molecule has 1 heteroatoms. The lowest BCUT2D eigenvalue weighted by atomic mass is 9.84. The molecule has 10 aromatic rings. The smallest absolute Gasteiger partial charge is 0.143 e. The van der Waals surface area contributed by atoms with Gasteiger partial charge in [-0.2, -0.15) is 0 Å². The summed E-state index contributed by atoms with van der Waals surface area (Å²) in [6.07, 6.45) is 0. The van der Waals surface area contributed by atoms with E-state index in [1.807, 2.05) is 78.9 Å². The minimum absolute atomic E-state index is 0.0541. The zero-order valence-corrected chi connectivity index (χ0v) is 26.0. The second kappa shape index (κ2) is 11.1. The molecule has 1 heterocycles. The minimum Gasteiger partial charge on any atom is -0.455 e. The Kier molecular flexibility index (Phi) is 4.53. The fourth-order valence-electron chi connectivity index (χ4n) is 7.26. The number of rotatable bonds is 4. The van der Waals surface area contributed by atoms with Gasteiger partial charge in [-0.1, -0.05) is 158 Å². The van der Waals surface area contributed by atoms with Crippen molar-refractivity contribution >= 4 is 54.3 Å². The molecule has 0 aliphatic rings. The number of fused-ring (bicyclic) bond motifs is 7. The normalized spacial score (nSPS) is 14.2. The van der Waals surface area contributed by atoms with Gasteiger partial charge in [0.2, 0.25) is 0 Å². The summed E-state index contributed by atoms with van der Waals surface area (Å²) in [5.74, 6) is 0. The molecule has 9 aromatic carbocycles. The van der Waals surface area contributed by atoms with E-state index in [9.17, 15) is 2.74 Å². The lowest BCUT2D eigenvalue weighted by Crippen LogP contribution is -1.91. The van der Waals surface area contributed by atoms with E-state index in [1.165, 1.54) is 0 Å². The Balaban J connectivity index is 1.25. The maximum absolute atomic E-state index is 9.37. The van der Waals surface area contributed by atoms with Crippen LogP contribution in [0.2, 0.25) is 0 Å². The van der Waals surface area contributed by atoms with Crippen molar-refractivity contribution in [1.29, 1.82) is 0 Å². The Morgan fingerprint density at radius 1 is 0.388 bits per heavy atom. The summed E-state index contributed by atoms with van der Waals surface area (Å²) in [7, 11) is 0. The SMILES string of the molecule is [2H]c1c([2H])c([2H])c(-c2c([2H])c([2H])c(-c3c4ccccc4c(-c4cccc5oc6c7ccc(-c8ccccc8)cc7ccc6c45)c4ccccc34)c([2H])c2[2H])c([2H])c1[2H]. The molecule has 1 nitrogen and oxygen atoms in total. The van der Waals surface area contributed by atoms with E-state index in [4.69, 9.17) is 14.0 Å². The van der Waals surface area contributed by atoms with Gasteiger partial charge in [-0.15, -0.1) is 0 Å². The second-order valence-electron chi connectivity index (χ2n) is 12.1. The fourth-order valence-corrected chi connectivity index (χ4v) is 7.26. The van der Waals surface area contributed by atoms with Crippen molar-refractivity contribution in [2.24, 2.45) is 0 Å². The topological polar surface area (TPSA) is 13.1 Å². The van der Waals surface area contributed by atoms with E-state index in [0.717, 1.165) is 65.7 Å². The van der Waals surface area contributed by atoms with Crippen molar-refractivity contribution in [1.82, 2.24) is 0 Å². The average molecular weight is 632 g/mol. The molecule has 0 fully saturated rings. The van der Waals surface area contributed by atoms with Crippen LogP contribution in [-0.2, 0) is 0 Å². The number of hydrogen-bond donors (Lipinski definition) is 0. The van der Waals surface area contributed by atoms with Gasteiger partial charge in [0, 0.05) is 16.2 Å². The molecule has 0 N–H and O–H groups in total. The third kappa shape index (κ3) is 4.40. The largest absolute Gasteiger partial charge is 0.455 e. The fraction of sp³-hybridized carbons (Fsp3) is 0. The summed E-state index contributed by atoms with van der Waals surface area (Å²) in [4.78, 5) is 0. The van der Waals surface area contributed by atoms with Crippen LogP contribution in [-0.4, -0.2) is 0 Å². The van der Waals surface area contributed by atoms with Crippen LogP contribution in [0.15, 0.2) is 186 Å². The van der Waals surface area contributed by atoms with Gasteiger partial charge in [0.15, 0.2) is 0 Å². The summed E-state index contributed by atoms with van der Waals surface area (Å²) >= 11 is 0. The minimum atomic E-state index is -0.615. The highest BCUT2D eigenvalue weighted by molar-refractivity contribution is 6.27. The number of furan rings is 1. The van der Waals surface area contributed by atoms with Crippen LogP contribution in [0.3, 0.4) is 0 Å². The van der Waals surface area contributed by atoms with E-state index in [0.29, 0.717) is 16.3 Å². The predicted octanol–water partition coefficient (Wildman–Crippen LogP) is 13.7. The molecule has 0 bridgehead atoms. The number of benzene rings is 9. The van der Waals surface area contributed by atoms with Crippen molar-refractivity contribution in [3.8, 4) is 44.5 Å². The van der Waals surface area contributed by atoms with Gasteiger partial charge in [0.1, 0.15) is 11.2 Å². The van der Waals surface area contributed by atoms with Crippen LogP contribution in [0.1, 0.15) is 12.3 Å². The quantitative estimate of drug-likeness (QED) is 0.176. The maximum atomic E-state index is 9.37.